The summed E-state index contributed by atoms with van der Waals surface area (Å²) >= 11 is 0. The second kappa shape index (κ2) is 6.17. The number of nitrogens with one attached hydrogen (secondary N) is 1. The molecule has 1 heterocycles. The monoisotopic (exact) mass is 301 g/mol. The molecule has 0 radical (unpaired) electrons. The van der Waals surface area contributed by atoms with Crippen LogP contribution in [-0.2, 0) is 6.61 Å². The zero-order valence-corrected chi connectivity index (χ0v) is 12.7. The third-order valence-electron chi connectivity index (χ3n) is 3.74. The molecule has 1 fully saturated rings. The van der Waals surface area contributed by atoms with Crippen LogP contribution in [0.15, 0.2) is 28.8 Å². The lowest BCUT2D eigenvalue weighted by atomic mass is 10.1. The standard InChI is InChI=1S/C16H19N3O3/c1-10(12-3-4-12)17-16(20)13-5-7-14(8-6-13)21-9-15-18-11(2)22-19-15/h5-8,10,12H,3-4,9H2,1-2H3,(H,17,20)/t10-/m1/s1. The first-order valence-corrected chi connectivity index (χ1v) is 7.45. The van der Waals surface area contributed by atoms with E-state index < -0.39 is 0 Å². The van der Waals surface area contributed by atoms with E-state index in [1.54, 1.807) is 31.2 Å². The maximum Gasteiger partial charge on any atom is 0.251 e. The predicted molar refractivity (Wildman–Crippen MR) is 79.5 cm³/mol. The van der Waals surface area contributed by atoms with E-state index in [9.17, 15) is 4.79 Å². The summed E-state index contributed by atoms with van der Waals surface area (Å²) < 4.78 is 10.4. The van der Waals surface area contributed by atoms with Gasteiger partial charge in [-0.25, -0.2) is 0 Å². The first kappa shape index (κ1) is 14.6. The topological polar surface area (TPSA) is 77.2 Å². The number of rotatable bonds is 6. The molecule has 1 atom stereocenters. The van der Waals surface area contributed by atoms with E-state index in [2.05, 4.69) is 22.4 Å². The second-order valence-corrected chi connectivity index (χ2v) is 5.64. The summed E-state index contributed by atoms with van der Waals surface area (Å²) in [5.41, 5.74) is 0.634. The molecule has 6 heteroatoms. The fourth-order valence-corrected chi connectivity index (χ4v) is 2.25. The minimum atomic E-state index is -0.0419. The summed E-state index contributed by atoms with van der Waals surface area (Å²) in [4.78, 5) is 16.2. The maximum absolute atomic E-state index is 12.1. The predicted octanol–water partition coefficient (Wildman–Crippen LogP) is 2.49. The summed E-state index contributed by atoms with van der Waals surface area (Å²) in [6, 6.07) is 7.29. The smallest absolute Gasteiger partial charge is 0.251 e. The highest BCUT2D eigenvalue weighted by Crippen LogP contribution is 2.32. The van der Waals surface area contributed by atoms with Crippen molar-refractivity contribution in [2.24, 2.45) is 5.92 Å². The van der Waals surface area contributed by atoms with Gasteiger partial charge in [-0.3, -0.25) is 4.79 Å². The van der Waals surface area contributed by atoms with Crippen molar-refractivity contribution in [3.63, 3.8) is 0 Å². The molecule has 1 amide bonds. The Morgan fingerprint density at radius 2 is 2.14 bits per heavy atom. The van der Waals surface area contributed by atoms with Gasteiger partial charge in [0.1, 0.15) is 5.75 Å². The molecule has 0 bridgehead atoms. The Kier molecular flexibility index (Phi) is 4.09. The van der Waals surface area contributed by atoms with Gasteiger partial charge < -0.3 is 14.6 Å². The van der Waals surface area contributed by atoms with Crippen molar-refractivity contribution in [3.05, 3.63) is 41.5 Å². The molecule has 0 aliphatic heterocycles. The zero-order chi connectivity index (χ0) is 15.5. The minimum Gasteiger partial charge on any atom is -0.485 e. The Labute approximate surface area is 128 Å². The van der Waals surface area contributed by atoms with Gasteiger partial charge in [-0.2, -0.15) is 4.98 Å². The van der Waals surface area contributed by atoms with Crippen LogP contribution in [0.5, 0.6) is 5.75 Å². The highest BCUT2D eigenvalue weighted by Gasteiger charge is 2.29. The van der Waals surface area contributed by atoms with E-state index in [0.717, 1.165) is 0 Å². The summed E-state index contributed by atoms with van der Waals surface area (Å²) in [5, 5.41) is 6.78. The summed E-state index contributed by atoms with van der Waals surface area (Å²) in [7, 11) is 0. The number of carbonyl (C=O) groups is 1. The Morgan fingerprint density at radius 1 is 1.41 bits per heavy atom. The third kappa shape index (κ3) is 3.63. The average Bonchev–Trinajstić information content (AvgIpc) is 3.29. The van der Waals surface area contributed by atoms with Crippen LogP contribution in [-0.4, -0.2) is 22.1 Å². The number of amides is 1. The quantitative estimate of drug-likeness (QED) is 0.887. The van der Waals surface area contributed by atoms with Crippen LogP contribution < -0.4 is 10.1 Å². The lowest BCUT2D eigenvalue weighted by molar-refractivity contribution is 0.0936. The molecule has 0 saturated heterocycles. The highest BCUT2D eigenvalue weighted by atomic mass is 16.5. The molecule has 0 spiro atoms. The number of hydrogen-bond donors (Lipinski definition) is 1. The molecular weight excluding hydrogens is 282 g/mol. The molecule has 1 saturated carbocycles. The number of nitrogens with zero attached hydrogens (tertiary/aromatic N) is 2. The van der Waals surface area contributed by atoms with Gasteiger partial charge in [0, 0.05) is 18.5 Å². The fourth-order valence-electron chi connectivity index (χ4n) is 2.25. The van der Waals surface area contributed by atoms with E-state index in [-0.39, 0.29) is 18.6 Å². The Morgan fingerprint density at radius 3 is 2.73 bits per heavy atom. The lowest BCUT2D eigenvalue weighted by Crippen LogP contribution is -2.33. The molecule has 1 aliphatic carbocycles. The van der Waals surface area contributed by atoms with Gasteiger partial charge in [-0.05, 0) is 49.9 Å². The molecular formula is C16H19N3O3. The fraction of sp³-hybridized carbons (Fsp3) is 0.438. The molecule has 0 unspecified atom stereocenters. The van der Waals surface area contributed by atoms with Crippen LogP contribution in [0.4, 0.5) is 0 Å². The van der Waals surface area contributed by atoms with E-state index in [1.807, 2.05) is 0 Å². The molecule has 1 aromatic carbocycles. The number of ether oxygens (including phenoxy) is 1. The molecule has 1 aromatic heterocycles. The highest BCUT2D eigenvalue weighted by molar-refractivity contribution is 5.94. The van der Waals surface area contributed by atoms with Gasteiger partial charge in [-0.15, -0.1) is 0 Å². The summed E-state index contributed by atoms with van der Waals surface area (Å²) in [6.07, 6.45) is 2.42. The van der Waals surface area contributed by atoms with Gasteiger partial charge in [0.2, 0.25) is 11.7 Å². The lowest BCUT2D eigenvalue weighted by Gasteiger charge is -2.13. The average molecular weight is 301 g/mol. The number of benzene rings is 1. The van der Waals surface area contributed by atoms with Crippen molar-refractivity contribution in [1.82, 2.24) is 15.5 Å². The van der Waals surface area contributed by atoms with Gasteiger partial charge in [0.25, 0.3) is 5.91 Å². The number of carbonyl (C=O) groups excluding carboxylic acids is 1. The van der Waals surface area contributed by atoms with Crippen molar-refractivity contribution in [3.8, 4) is 5.75 Å². The van der Waals surface area contributed by atoms with Crippen LogP contribution in [0.2, 0.25) is 0 Å². The number of hydrogen-bond acceptors (Lipinski definition) is 5. The van der Waals surface area contributed by atoms with E-state index >= 15 is 0 Å². The van der Waals surface area contributed by atoms with Crippen LogP contribution in [0.25, 0.3) is 0 Å². The third-order valence-corrected chi connectivity index (χ3v) is 3.74. The SMILES string of the molecule is Cc1nc(COc2ccc(C(=O)N[C@H](C)C3CC3)cc2)no1. The first-order valence-electron chi connectivity index (χ1n) is 7.45. The van der Waals surface area contributed by atoms with E-state index in [1.165, 1.54) is 12.8 Å². The van der Waals surface area contributed by atoms with Crippen molar-refractivity contribution < 1.29 is 14.1 Å². The molecule has 116 valence electrons. The van der Waals surface area contributed by atoms with E-state index in [0.29, 0.717) is 28.9 Å². The second-order valence-electron chi connectivity index (χ2n) is 5.64. The first-order chi connectivity index (χ1) is 10.6. The maximum atomic E-state index is 12.1. The minimum absolute atomic E-state index is 0.0419. The zero-order valence-electron chi connectivity index (χ0n) is 12.7. The Hall–Kier alpha value is -2.37. The van der Waals surface area contributed by atoms with Gasteiger partial charge in [0.15, 0.2) is 6.61 Å². The van der Waals surface area contributed by atoms with E-state index in [4.69, 9.17) is 9.26 Å². The molecule has 1 aliphatic rings. The number of aromatic nitrogens is 2. The summed E-state index contributed by atoms with van der Waals surface area (Å²) in [6.45, 7) is 4.02. The van der Waals surface area contributed by atoms with Crippen molar-refractivity contribution in [1.29, 1.82) is 0 Å². The molecule has 2 aromatic rings. The Bertz CT molecular complexity index is 647. The normalized spacial score (nSPS) is 15.4. The van der Waals surface area contributed by atoms with Crippen LogP contribution >= 0.6 is 0 Å². The molecule has 3 rings (SSSR count). The number of aryl methyl sites for hydroxylation is 1. The molecule has 1 N–H and O–H groups in total. The van der Waals surface area contributed by atoms with Crippen molar-refractivity contribution >= 4 is 5.91 Å². The van der Waals surface area contributed by atoms with Crippen molar-refractivity contribution in [2.75, 3.05) is 0 Å². The van der Waals surface area contributed by atoms with Crippen molar-refractivity contribution in [2.45, 2.75) is 39.3 Å². The van der Waals surface area contributed by atoms with Gasteiger partial charge in [-0.1, -0.05) is 5.16 Å². The van der Waals surface area contributed by atoms with Crippen LogP contribution in [0.3, 0.4) is 0 Å². The van der Waals surface area contributed by atoms with Crippen LogP contribution in [0, 0.1) is 12.8 Å². The van der Waals surface area contributed by atoms with Gasteiger partial charge >= 0.3 is 0 Å². The summed E-state index contributed by atoms with van der Waals surface area (Å²) in [5.74, 6) is 2.27. The van der Waals surface area contributed by atoms with Gasteiger partial charge in [0.05, 0.1) is 0 Å². The Balaban J connectivity index is 1.54. The molecule has 22 heavy (non-hydrogen) atoms. The van der Waals surface area contributed by atoms with Crippen LogP contribution in [0.1, 0.15) is 41.8 Å². The largest absolute Gasteiger partial charge is 0.485 e. The molecule has 6 nitrogen and oxygen atoms in total.